The maximum Gasteiger partial charge on any atom is 0.407 e. The Morgan fingerprint density at radius 3 is 2.36 bits per heavy atom. The third kappa shape index (κ3) is 2.49. The van der Waals surface area contributed by atoms with Gasteiger partial charge in [0.1, 0.15) is 5.60 Å². The van der Waals surface area contributed by atoms with Crippen LogP contribution in [0.15, 0.2) is 30.3 Å². The molecule has 0 unspecified atom stereocenters. The van der Waals surface area contributed by atoms with Gasteiger partial charge < -0.3 is 10.1 Å². The van der Waals surface area contributed by atoms with Gasteiger partial charge in [-0.15, -0.1) is 0 Å². The van der Waals surface area contributed by atoms with Crippen molar-refractivity contribution in [1.29, 1.82) is 0 Å². The zero-order chi connectivity index (χ0) is 10.6. The molecule has 0 fully saturated rings. The summed E-state index contributed by atoms with van der Waals surface area (Å²) in [6.45, 7) is 3.72. The predicted molar refractivity (Wildman–Crippen MR) is 55.0 cm³/mol. The Kier molecular flexibility index (Phi) is 3.12. The summed E-state index contributed by atoms with van der Waals surface area (Å²) in [6.07, 6.45) is -0.418. The van der Waals surface area contributed by atoms with Gasteiger partial charge in [-0.3, -0.25) is 0 Å². The summed E-state index contributed by atoms with van der Waals surface area (Å²) >= 11 is 0. The molecule has 1 aromatic carbocycles. The molecule has 0 saturated heterocycles. The molecule has 1 aromatic rings. The number of hydrogen-bond acceptors (Lipinski definition) is 2. The lowest BCUT2D eigenvalue weighted by atomic mass is 9.98. The first kappa shape index (κ1) is 10.6. The standard InChI is InChI=1S/C11H15NO2/c1-11(2,14-10(13)12-3)9-7-5-4-6-8-9/h4-8H,1-3H3,(H,12,13). The highest BCUT2D eigenvalue weighted by Gasteiger charge is 2.24. The highest BCUT2D eigenvalue weighted by Crippen LogP contribution is 2.23. The summed E-state index contributed by atoms with van der Waals surface area (Å²) < 4.78 is 5.22. The Bertz CT molecular complexity index is 306. The van der Waals surface area contributed by atoms with E-state index < -0.39 is 11.7 Å². The van der Waals surface area contributed by atoms with Crippen LogP contribution in [0.5, 0.6) is 0 Å². The number of nitrogens with one attached hydrogen (secondary N) is 1. The van der Waals surface area contributed by atoms with Crippen LogP contribution >= 0.6 is 0 Å². The van der Waals surface area contributed by atoms with Crippen molar-refractivity contribution in [2.24, 2.45) is 0 Å². The summed E-state index contributed by atoms with van der Waals surface area (Å²) in [7, 11) is 1.55. The highest BCUT2D eigenvalue weighted by atomic mass is 16.6. The van der Waals surface area contributed by atoms with Crippen molar-refractivity contribution in [3.63, 3.8) is 0 Å². The molecular weight excluding hydrogens is 178 g/mol. The summed E-state index contributed by atoms with van der Waals surface area (Å²) in [5.74, 6) is 0. The quantitative estimate of drug-likeness (QED) is 0.782. The Hall–Kier alpha value is -1.51. The van der Waals surface area contributed by atoms with E-state index in [0.717, 1.165) is 5.56 Å². The summed E-state index contributed by atoms with van der Waals surface area (Å²) in [4.78, 5) is 11.1. The number of carbonyl (C=O) groups is 1. The molecule has 0 aliphatic rings. The molecular formula is C11H15NO2. The van der Waals surface area contributed by atoms with Gasteiger partial charge in [-0.2, -0.15) is 0 Å². The second-order valence-corrected chi connectivity index (χ2v) is 3.52. The highest BCUT2D eigenvalue weighted by molar-refractivity contribution is 5.67. The van der Waals surface area contributed by atoms with Crippen molar-refractivity contribution in [3.8, 4) is 0 Å². The molecule has 0 radical (unpaired) electrons. The molecule has 0 saturated carbocycles. The number of carbonyl (C=O) groups excluding carboxylic acids is 1. The van der Waals surface area contributed by atoms with Crippen LogP contribution in [0.4, 0.5) is 4.79 Å². The number of benzene rings is 1. The number of rotatable bonds is 2. The fourth-order valence-electron chi connectivity index (χ4n) is 1.18. The maximum atomic E-state index is 11.1. The van der Waals surface area contributed by atoms with Crippen LogP contribution in [0.3, 0.4) is 0 Å². The van der Waals surface area contributed by atoms with Crippen LogP contribution in [0.25, 0.3) is 0 Å². The molecule has 76 valence electrons. The molecule has 0 spiro atoms. The molecule has 0 atom stereocenters. The summed E-state index contributed by atoms with van der Waals surface area (Å²) in [5.41, 5.74) is 0.380. The zero-order valence-electron chi connectivity index (χ0n) is 8.70. The first-order valence-electron chi connectivity index (χ1n) is 4.52. The van der Waals surface area contributed by atoms with Crippen LogP contribution < -0.4 is 5.32 Å². The van der Waals surface area contributed by atoms with Gasteiger partial charge >= 0.3 is 6.09 Å². The average Bonchev–Trinajstić information content (AvgIpc) is 2.18. The molecule has 3 nitrogen and oxygen atoms in total. The minimum absolute atomic E-state index is 0.418. The number of alkyl carbamates (subject to hydrolysis) is 1. The second kappa shape index (κ2) is 4.13. The molecule has 14 heavy (non-hydrogen) atoms. The monoisotopic (exact) mass is 193 g/mol. The van der Waals surface area contributed by atoms with Gasteiger partial charge in [-0.05, 0) is 19.4 Å². The Labute approximate surface area is 84.1 Å². The molecule has 1 N–H and O–H groups in total. The van der Waals surface area contributed by atoms with Crippen LogP contribution in [0.2, 0.25) is 0 Å². The predicted octanol–water partition coefficient (Wildman–Crippen LogP) is 2.28. The van der Waals surface area contributed by atoms with E-state index in [1.54, 1.807) is 7.05 Å². The zero-order valence-corrected chi connectivity index (χ0v) is 8.70. The number of amides is 1. The van der Waals surface area contributed by atoms with Crippen molar-refractivity contribution in [2.75, 3.05) is 7.05 Å². The van der Waals surface area contributed by atoms with Crippen LogP contribution in [-0.2, 0) is 10.3 Å². The van der Waals surface area contributed by atoms with Gasteiger partial charge in [-0.1, -0.05) is 30.3 Å². The van der Waals surface area contributed by atoms with E-state index in [9.17, 15) is 4.79 Å². The van der Waals surface area contributed by atoms with Crippen molar-refractivity contribution in [2.45, 2.75) is 19.4 Å². The first-order chi connectivity index (χ1) is 6.56. The molecule has 0 bridgehead atoms. The van der Waals surface area contributed by atoms with E-state index >= 15 is 0 Å². The van der Waals surface area contributed by atoms with E-state index in [4.69, 9.17) is 4.74 Å². The molecule has 1 rings (SSSR count). The lowest BCUT2D eigenvalue weighted by molar-refractivity contribution is 0.0378. The minimum Gasteiger partial charge on any atom is -0.439 e. The van der Waals surface area contributed by atoms with Crippen molar-refractivity contribution < 1.29 is 9.53 Å². The Morgan fingerprint density at radius 2 is 1.86 bits per heavy atom. The lowest BCUT2D eigenvalue weighted by Gasteiger charge is -2.25. The van der Waals surface area contributed by atoms with E-state index in [-0.39, 0.29) is 0 Å². The smallest absolute Gasteiger partial charge is 0.407 e. The molecule has 0 aliphatic carbocycles. The SMILES string of the molecule is CNC(=O)OC(C)(C)c1ccccc1. The maximum absolute atomic E-state index is 11.1. The fourth-order valence-corrected chi connectivity index (χ4v) is 1.18. The Morgan fingerprint density at radius 1 is 1.29 bits per heavy atom. The molecule has 1 amide bonds. The van der Waals surface area contributed by atoms with Crippen molar-refractivity contribution >= 4 is 6.09 Å². The number of ether oxygens (including phenoxy) is 1. The lowest BCUT2D eigenvalue weighted by Crippen LogP contribution is -2.30. The third-order valence-corrected chi connectivity index (χ3v) is 2.02. The number of hydrogen-bond donors (Lipinski definition) is 1. The van der Waals surface area contributed by atoms with E-state index in [1.807, 2.05) is 44.2 Å². The topological polar surface area (TPSA) is 38.3 Å². The van der Waals surface area contributed by atoms with Crippen molar-refractivity contribution in [3.05, 3.63) is 35.9 Å². The fraction of sp³-hybridized carbons (Fsp3) is 0.364. The van der Waals surface area contributed by atoms with Gasteiger partial charge in [0.05, 0.1) is 0 Å². The summed E-state index contributed by atoms with van der Waals surface area (Å²) in [5, 5.41) is 2.43. The van der Waals surface area contributed by atoms with Gasteiger partial charge in [0.2, 0.25) is 0 Å². The van der Waals surface area contributed by atoms with Crippen molar-refractivity contribution in [1.82, 2.24) is 5.32 Å². The van der Waals surface area contributed by atoms with E-state index in [2.05, 4.69) is 5.32 Å². The van der Waals surface area contributed by atoms with Gasteiger partial charge in [0, 0.05) is 7.05 Å². The van der Waals surface area contributed by atoms with Crippen LogP contribution in [0, 0.1) is 0 Å². The second-order valence-electron chi connectivity index (χ2n) is 3.52. The minimum atomic E-state index is -0.596. The summed E-state index contributed by atoms with van der Waals surface area (Å²) in [6, 6.07) is 9.64. The first-order valence-corrected chi connectivity index (χ1v) is 4.52. The third-order valence-electron chi connectivity index (χ3n) is 2.02. The van der Waals surface area contributed by atoms with Gasteiger partial charge in [0.15, 0.2) is 0 Å². The molecule has 0 aliphatic heterocycles. The molecule has 0 aromatic heterocycles. The largest absolute Gasteiger partial charge is 0.439 e. The van der Waals surface area contributed by atoms with E-state index in [1.165, 1.54) is 0 Å². The van der Waals surface area contributed by atoms with Crippen LogP contribution in [0.1, 0.15) is 19.4 Å². The van der Waals surface area contributed by atoms with Gasteiger partial charge in [-0.25, -0.2) is 4.79 Å². The average molecular weight is 193 g/mol. The van der Waals surface area contributed by atoms with E-state index in [0.29, 0.717) is 0 Å². The molecule has 3 heteroatoms. The Balaban J connectivity index is 2.80. The van der Waals surface area contributed by atoms with Crippen LogP contribution in [-0.4, -0.2) is 13.1 Å². The molecule has 0 heterocycles. The van der Waals surface area contributed by atoms with Gasteiger partial charge in [0.25, 0.3) is 0 Å². The normalized spacial score (nSPS) is 10.8.